The fraction of sp³-hybridized carbons (Fsp3) is 0.545. The summed E-state index contributed by atoms with van der Waals surface area (Å²) in [5.74, 6) is 0.799. The van der Waals surface area contributed by atoms with Crippen LogP contribution in [-0.2, 0) is 19.6 Å². The summed E-state index contributed by atoms with van der Waals surface area (Å²) in [6.45, 7) is 7.06. The molecule has 1 fully saturated rings. The number of anilines is 1. The van der Waals surface area contributed by atoms with Crippen LogP contribution >= 0.6 is 11.3 Å². The molecule has 2 heterocycles. The topological polar surface area (TPSA) is 76.0 Å². The van der Waals surface area contributed by atoms with E-state index in [1.807, 2.05) is 19.0 Å². The first-order valence-electron chi connectivity index (χ1n) is 10.7. The van der Waals surface area contributed by atoms with Crippen molar-refractivity contribution < 1.29 is 5.11 Å². The number of guanidine groups is 1. The Balaban J connectivity index is 1.50. The molecule has 2 aromatic rings. The number of benzene rings is 1. The van der Waals surface area contributed by atoms with E-state index in [-0.39, 0.29) is 6.10 Å². The van der Waals surface area contributed by atoms with E-state index in [9.17, 15) is 5.11 Å². The number of nitrogens with zero attached hydrogens (tertiary/aromatic N) is 4. The minimum Gasteiger partial charge on any atom is -0.393 e. The van der Waals surface area contributed by atoms with Crippen LogP contribution in [0.25, 0.3) is 0 Å². The minimum absolute atomic E-state index is 0.119. The Labute approximate surface area is 183 Å². The number of aliphatic hydroxyl groups excluding tert-OH is 1. The highest BCUT2D eigenvalue weighted by Crippen LogP contribution is 2.17. The van der Waals surface area contributed by atoms with E-state index >= 15 is 0 Å². The molecule has 3 N–H and O–H groups in total. The highest BCUT2D eigenvalue weighted by Gasteiger charge is 2.16. The molecule has 1 aromatic carbocycles. The molecule has 0 radical (unpaired) electrons. The maximum absolute atomic E-state index is 9.64. The molecule has 0 aliphatic carbocycles. The number of likely N-dealkylation sites (tertiary alicyclic amines) is 1. The summed E-state index contributed by atoms with van der Waals surface area (Å²) in [6, 6.07) is 8.69. The number of piperidine rings is 1. The lowest BCUT2D eigenvalue weighted by Crippen LogP contribution is -2.36. The van der Waals surface area contributed by atoms with Crippen LogP contribution in [0.15, 0.2) is 34.6 Å². The van der Waals surface area contributed by atoms with Gasteiger partial charge in [0.25, 0.3) is 0 Å². The van der Waals surface area contributed by atoms with Gasteiger partial charge in [-0.15, -0.1) is 11.3 Å². The van der Waals surface area contributed by atoms with Gasteiger partial charge in [0, 0.05) is 45.7 Å². The van der Waals surface area contributed by atoms with Crippen molar-refractivity contribution in [3.8, 4) is 0 Å². The van der Waals surface area contributed by atoms with Crippen molar-refractivity contribution in [2.45, 2.75) is 45.5 Å². The van der Waals surface area contributed by atoms with Gasteiger partial charge in [-0.3, -0.25) is 4.90 Å². The van der Waals surface area contributed by atoms with E-state index in [4.69, 9.17) is 4.99 Å². The molecule has 8 heteroatoms. The maximum Gasteiger partial charge on any atom is 0.191 e. The third kappa shape index (κ3) is 6.97. The Hall–Kier alpha value is -2.16. The van der Waals surface area contributed by atoms with Crippen molar-refractivity contribution in [1.82, 2.24) is 20.5 Å². The lowest BCUT2D eigenvalue weighted by molar-refractivity contribution is 0.0792. The van der Waals surface area contributed by atoms with Crippen LogP contribution in [-0.4, -0.2) is 60.8 Å². The van der Waals surface area contributed by atoms with E-state index in [0.29, 0.717) is 13.1 Å². The van der Waals surface area contributed by atoms with Gasteiger partial charge in [-0.1, -0.05) is 24.3 Å². The molecular weight excluding hydrogens is 396 g/mol. The second-order valence-corrected chi connectivity index (χ2v) is 8.72. The molecule has 1 aliphatic rings. The number of hydrogen-bond acceptors (Lipinski definition) is 6. The first-order valence-corrected chi connectivity index (χ1v) is 11.5. The van der Waals surface area contributed by atoms with Crippen LogP contribution in [0.2, 0.25) is 0 Å². The number of aliphatic hydroxyl groups is 1. The average Bonchev–Trinajstić information content (AvgIpc) is 3.22. The Morgan fingerprint density at radius 3 is 2.53 bits per heavy atom. The number of rotatable bonds is 8. The second kappa shape index (κ2) is 11.3. The lowest BCUT2D eigenvalue weighted by atomic mass is 10.1. The Morgan fingerprint density at radius 1 is 1.20 bits per heavy atom. The zero-order valence-corrected chi connectivity index (χ0v) is 19.1. The largest absolute Gasteiger partial charge is 0.393 e. The van der Waals surface area contributed by atoms with Crippen LogP contribution in [0.1, 0.15) is 36.6 Å². The molecule has 0 amide bonds. The molecule has 0 saturated carbocycles. The highest BCUT2D eigenvalue weighted by molar-refractivity contribution is 7.13. The predicted octanol–water partition coefficient (Wildman–Crippen LogP) is 2.42. The van der Waals surface area contributed by atoms with Crippen molar-refractivity contribution in [2.24, 2.45) is 4.99 Å². The van der Waals surface area contributed by atoms with Gasteiger partial charge < -0.3 is 20.6 Å². The molecule has 3 rings (SSSR count). The third-order valence-corrected chi connectivity index (χ3v) is 6.17. The van der Waals surface area contributed by atoms with Crippen LogP contribution in [0.5, 0.6) is 0 Å². The molecule has 1 aromatic heterocycles. The standard InChI is InChI=1S/C22H34N6OS/c1-4-23-21(25-14-19-16-30-22(26-19)27(2)3)24-13-17-5-7-18(8-6-17)15-28-11-9-20(29)10-12-28/h5-8,16,20,29H,4,9-15H2,1-3H3,(H2,23,24,25). The zero-order valence-electron chi connectivity index (χ0n) is 18.3. The lowest BCUT2D eigenvalue weighted by Gasteiger charge is -2.29. The normalized spacial score (nSPS) is 15.9. The van der Waals surface area contributed by atoms with Gasteiger partial charge >= 0.3 is 0 Å². The number of thiazole rings is 1. The first kappa shape index (κ1) is 22.5. The molecule has 1 aliphatic heterocycles. The quantitative estimate of drug-likeness (QED) is 0.441. The first-order chi connectivity index (χ1) is 14.5. The smallest absolute Gasteiger partial charge is 0.191 e. The van der Waals surface area contributed by atoms with Crippen LogP contribution in [0, 0.1) is 0 Å². The molecule has 164 valence electrons. The average molecular weight is 431 g/mol. The van der Waals surface area contributed by atoms with Crippen LogP contribution in [0.3, 0.4) is 0 Å². The summed E-state index contributed by atoms with van der Waals surface area (Å²) in [4.78, 5) is 13.7. The van der Waals surface area contributed by atoms with E-state index < -0.39 is 0 Å². The Kier molecular flexibility index (Phi) is 8.48. The second-order valence-electron chi connectivity index (χ2n) is 7.89. The molecule has 30 heavy (non-hydrogen) atoms. The van der Waals surface area contributed by atoms with Gasteiger partial charge in [0.2, 0.25) is 0 Å². The highest BCUT2D eigenvalue weighted by atomic mass is 32.1. The molecule has 1 saturated heterocycles. The fourth-order valence-electron chi connectivity index (χ4n) is 3.35. The van der Waals surface area contributed by atoms with Gasteiger partial charge in [0.1, 0.15) is 0 Å². The monoisotopic (exact) mass is 430 g/mol. The van der Waals surface area contributed by atoms with E-state index in [2.05, 4.69) is 57.1 Å². The summed E-state index contributed by atoms with van der Waals surface area (Å²) >= 11 is 1.65. The summed E-state index contributed by atoms with van der Waals surface area (Å²) in [5.41, 5.74) is 3.52. The molecule has 7 nitrogen and oxygen atoms in total. The molecule has 0 unspecified atom stereocenters. The SMILES string of the molecule is CCNC(=NCc1ccc(CN2CCC(O)CC2)cc1)NCc1csc(N(C)C)n1. The fourth-order valence-corrected chi connectivity index (χ4v) is 4.11. The summed E-state index contributed by atoms with van der Waals surface area (Å²) in [6.07, 6.45) is 1.64. The Bertz CT molecular complexity index is 796. The third-order valence-electron chi connectivity index (χ3n) is 5.11. The number of aromatic nitrogens is 1. The van der Waals surface area contributed by atoms with Crippen molar-refractivity contribution >= 4 is 22.4 Å². The van der Waals surface area contributed by atoms with Crippen molar-refractivity contribution in [1.29, 1.82) is 0 Å². The maximum atomic E-state index is 9.64. The van der Waals surface area contributed by atoms with Crippen LogP contribution in [0.4, 0.5) is 5.13 Å². The minimum atomic E-state index is -0.119. The van der Waals surface area contributed by atoms with Gasteiger partial charge in [0.05, 0.1) is 24.9 Å². The summed E-state index contributed by atoms with van der Waals surface area (Å²) in [7, 11) is 4.01. The van der Waals surface area contributed by atoms with Gasteiger partial charge in [-0.25, -0.2) is 9.98 Å². The predicted molar refractivity (Wildman–Crippen MR) is 125 cm³/mol. The van der Waals surface area contributed by atoms with Crippen molar-refractivity contribution in [3.05, 3.63) is 46.5 Å². The number of hydrogen-bond donors (Lipinski definition) is 3. The van der Waals surface area contributed by atoms with E-state index in [1.54, 1.807) is 11.3 Å². The van der Waals surface area contributed by atoms with Gasteiger partial charge in [-0.05, 0) is 30.9 Å². The molecular formula is C22H34N6OS. The van der Waals surface area contributed by atoms with Gasteiger partial charge in [0.15, 0.2) is 11.1 Å². The van der Waals surface area contributed by atoms with E-state index in [1.165, 1.54) is 11.1 Å². The summed E-state index contributed by atoms with van der Waals surface area (Å²) in [5, 5.41) is 19.4. The molecule has 0 spiro atoms. The van der Waals surface area contributed by atoms with E-state index in [0.717, 1.165) is 55.8 Å². The van der Waals surface area contributed by atoms with Crippen molar-refractivity contribution in [2.75, 3.05) is 38.6 Å². The molecule has 0 bridgehead atoms. The Morgan fingerprint density at radius 2 is 1.90 bits per heavy atom. The number of nitrogens with one attached hydrogen (secondary N) is 2. The van der Waals surface area contributed by atoms with Gasteiger partial charge in [-0.2, -0.15) is 0 Å². The zero-order chi connectivity index (χ0) is 21.3. The van der Waals surface area contributed by atoms with Crippen LogP contribution < -0.4 is 15.5 Å². The molecule has 0 atom stereocenters. The number of aliphatic imine (C=N–C) groups is 1. The van der Waals surface area contributed by atoms with Crippen molar-refractivity contribution in [3.63, 3.8) is 0 Å². The summed E-state index contributed by atoms with van der Waals surface area (Å²) < 4.78 is 0.